The molecule has 0 radical (unpaired) electrons. The number of hydrogen-bond acceptors (Lipinski definition) is 2. The van der Waals surface area contributed by atoms with Gasteiger partial charge in [-0.2, -0.15) is 13.2 Å². The Bertz CT molecular complexity index is 422. The monoisotopic (exact) mass is 327 g/mol. The second kappa shape index (κ2) is 5.63. The second-order valence-electron chi connectivity index (χ2n) is 2.94. The van der Waals surface area contributed by atoms with Crippen LogP contribution in [0, 0.1) is 5.41 Å². The number of halogens is 4. The third-order valence-corrected chi connectivity index (χ3v) is 3.09. The zero-order chi connectivity index (χ0) is 13.1. The lowest BCUT2D eigenvalue weighted by Gasteiger charge is -2.11. The molecule has 0 saturated heterocycles. The summed E-state index contributed by atoms with van der Waals surface area (Å²) in [6.45, 7) is 0. The van der Waals surface area contributed by atoms with Gasteiger partial charge in [-0.05, 0) is 45.9 Å². The molecule has 0 atom stereocenters. The summed E-state index contributed by atoms with van der Waals surface area (Å²) in [6.07, 6.45) is 0. The van der Waals surface area contributed by atoms with Crippen molar-refractivity contribution in [3.63, 3.8) is 0 Å². The van der Waals surface area contributed by atoms with Crippen LogP contribution in [0.2, 0.25) is 0 Å². The lowest BCUT2D eigenvalue weighted by atomic mass is 10.3. The van der Waals surface area contributed by atoms with Gasteiger partial charge in [0.25, 0.3) is 0 Å². The van der Waals surface area contributed by atoms with Crippen LogP contribution < -0.4 is 10.6 Å². The van der Waals surface area contributed by atoms with Crippen molar-refractivity contribution in [1.29, 1.82) is 5.41 Å². The van der Waals surface area contributed by atoms with Gasteiger partial charge in [0, 0.05) is 16.4 Å². The fraction of sp³-hybridized carbons (Fsp3) is 0.222. The Morgan fingerprint density at radius 1 is 1.41 bits per heavy atom. The zero-order valence-electron chi connectivity index (χ0n) is 8.65. The van der Waals surface area contributed by atoms with E-state index in [-0.39, 0.29) is 22.6 Å². The average molecular weight is 328 g/mol. The molecule has 0 aliphatic rings. The smallest absolute Gasteiger partial charge is 0.359 e. The Morgan fingerprint density at radius 3 is 2.59 bits per heavy atom. The molecule has 0 amide bonds. The summed E-state index contributed by atoms with van der Waals surface area (Å²) < 4.78 is 37.1. The molecule has 0 aliphatic carbocycles. The fourth-order valence-electron chi connectivity index (χ4n) is 0.994. The molecule has 0 fully saturated rings. The predicted octanol–water partition coefficient (Wildman–Crippen LogP) is 3.63. The molecule has 0 unspecified atom stereocenters. The lowest BCUT2D eigenvalue weighted by molar-refractivity contribution is -0.0328. The molecule has 0 bridgehead atoms. The number of alkyl halides is 3. The molecule has 0 saturated carbocycles. The molecule has 17 heavy (non-hydrogen) atoms. The molecule has 0 spiro atoms. The van der Waals surface area contributed by atoms with E-state index in [1.54, 1.807) is 0 Å². The largest absolute Gasteiger partial charge is 0.446 e. The van der Waals surface area contributed by atoms with E-state index in [1.807, 2.05) is 0 Å². The van der Waals surface area contributed by atoms with Crippen LogP contribution in [0.15, 0.2) is 27.6 Å². The summed E-state index contributed by atoms with van der Waals surface area (Å²) in [5.74, 6) is -0.000131. The highest BCUT2D eigenvalue weighted by molar-refractivity contribution is 9.10. The predicted molar refractivity (Wildman–Crippen MR) is 66.5 cm³/mol. The molecule has 0 aliphatic heterocycles. The molecule has 0 aromatic heterocycles. The van der Waals surface area contributed by atoms with Crippen LogP contribution in [0.4, 0.5) is 18.9 Å². The maximum Gasteiger partial charge on any atom is 0.446 e. The van der Waals surface area contributed by atoms with E-state index in [0.29, 0.717) is 10.2 Å². The number of rotatable bonds is 2. The van der Waals surface area contributed by atoms with Crippen molar-refractivity contribution in [1.82, 2.24) is 5.32 Å². The van der Waals surface area contributed by atoms with E-state index < -0.39 is 5.51 Å². The Hall–Kier alpha value is -0.890. The highest BCUT2D eigenvalue weighted by atomic mass is 79.9. The minimum absolute atomic E-state index is 0.000131. The highest BCUT2D eigenvalue weighted by Gasteiger charge is 2.29. The number of nitrogens with one attached hydrogen (secondary N) is 3. The van der Waals surface area contributed by atoms with Crippen molar-refractivity contribution in [3.8, 4) is 0 Å². The van der Waals surface area contributed by atoms with Gasteiger partial charge in [-0.15, -0.1) is 0 Å². The molecule has 8 heteroatoms. The molecule has 1 aromatic carbocycles. The van der Waals surface area contributed by atoms with Gasteiger partial charge in [0.2, 0.25) is 0 Å². The number of anilines is 1. The summed E-state index contributed by atoms with van der Waals surface area (Å²) in [5, 5.41) is 12.5. The topological polar surface area (TPSA) is 47.9 Å². The first-order valence-electron chi connectivity index (χ1n) is 4.40. The summed E-state index contributed by atoms with van der Waals surface area (Å²) in [5.41, 5.74) is -3.92. The van der Waals surface area contributed by atoms with Crippen LogP contribution in [0.1, 0.15) is 0 Å². The van der Waals surface area contributed by atoms with Gasteiger partial charge >= 0.3 is 5.51 Å². The molecular formula is C9H9BrF3N3S. The van der Waals surface area contributed by atoms with Gasteiger partial charge in [-0.1, -0.05) is 0 Å². The van der Waals surface area contributed by atoms with Crippen LogP contribution >= 0.6 is 27.7 Å². The summed E-state index contributed by atoms with van der Waals surface area (Å²) in [7, 11) is 1.54. The van der Waals surface area contributed by atoms with Crippen LogP contribution in [0.25, 0.3) is 0 Å². The number of thioether (sulfide) groups is 1. The van der Waals surface area contributed by atoms with Gasteiger partial charge in [0.15, 0.2) is 5.96 Å². The minimum atomic E-state index is -4.32. The Balaban J connectivity index is 2.90. The summed E-state index contributed by atoms with van der Waals surface area (Å²) in [6, 6.07) is 4.18. The number of guanidine groups is 1. The van der Waals surface area contributed by atoms with Crippen molar-refractivity contribution in [2.75, 3.05) is 12.4 Å². The van der Waals surface area contributed by atoms with Crippen molar-refractivity contribution >= 4 is 39.3 Å². The normalized spacial score (nSPS) is 11.1. The standard InChI is InChI=1S/C9H9BrF3N3S/c1-15-8(14)16-7-4-5(2-3-6(7)10)17-9(11,12)13/h2-4H,1H3,(H3,14,15,16). The average Bonchev–Trinajstić information content (AvgIpc) is 2.20. The zero-order valence-corrected chi connectivity index (χ0v) is 11.1. The fourth-order valence-corrected chi connectivity index (χ4v) is 1.92. The van der Waals surface area contributed by atoms with Crippen LogP contribution in [0.3, 0.4) is 0 Å². The SMILES string of the molecule is CNC(=N)Nc1cc(SC(F)(F)F)ccc1Br. The van der Waals surface area contributed by atoms with Gasteiger partial charge in [0.1, 0.15) is 0 Å². The van der Waals surface area contributed by atoms with Crippen molar-refractivity contribution in [2.45, 2.75) is 10.4 Å². The summed E-state index contributed by atoms with van der Waals surface area (Å²) >= 11 is 3.00. The first-order chi connectivity index (χ1) is 7.81. The molecule has 94 valence electrons. The van der Waals surface area contributed by atoms with Crippen molar-refractivity contribution < 1.29 is 13.2 Å². The van der Waals surface area contributed by atoms with E-state index in [4.69, 9.17) is 5.41 Å². The lowest BCUT2D eigenvalue weighted by Crippen LogP contribution is -2.25. The van der Waals surface area contributed by atoms with E-state index in [2.05, 4.69) is 26.6 Å². The number of benzene rings is 1. The van der Waals surface area contributed by atoms with Gasteiger partial charge in [-0.3, -0.25) is 5.41 Å². The van der Waals surface area contributed by atoms with Gasteiger partial charge in [-0.25, -0.2) is 0 Å². The van der Waals surface area contributed by atoms with Gasteiger partial charge in [0.05, 0.1) is 5.69 Å². The molecule has 3 N–H and O–H groups in total. The van der Waals surface area contributed by atoms with E-state index in [0.717, 1.165) is 0 Å². The Morgan fingerprint density at radius 2 is 2.06 bits per heavy atom. The van der Waals surface area contributed by atoms with E-state index in [9.17, 15) is 13.2 Å². The van der Waals surface area contributed by atoms with E-state index in [1.165, 1.54) is 25.2 Å². The van der Waals surface area contributed by atoms with Crippen molar-refractivity contribution in [3.05, 3.63) is 22.7 Å². The van der Waals surface area contributed by atoms with Crippen LogP contribution in [-0.4, -0.2) is 18.5 Å². The molecule has 0 heterocycles. The first kappa shape index (κ1) is 14.2. The molecule has 1 rings (SSSR count). The molecular weight excluding hydrogens is 319 g/mol. The third kappa shape index (κ3) is 4.86. The first-order valence-corrected chi connectivity index (χ1v) is 6.01. The van der Waals surface area contributed by atoms with Crippen LogP contribution in [-0.2, 0) is 0 Å². The highest BCUT2D eigenvalue weighted by Crippen LogP contribution is 2.39. The molecule has 1 aromatic rings. The second-order valence-corrected chi connectivity index (χ2v) is 4.93. The maximum absolute atomic E-state index is 12.2. The van der Waals surface area contributed by atoms with Crippen LogP contribution in [0.5, 0.6) is 0 Å². The number of hydrogen-bond donors (Lipinski definition) is 3. The third-order valence-electron chi connectivity index (χ3n) is 1.68. The summed E-state index contributed by atoms with van der Waals surface area (Å²) in [4.78, 5) is 0.0621. The van der Waals surface area contributed by atoms with Gasteiger partial charge < -0.3 is 10.6 Å². The maximum atomic E-state index is 12.2. The Kier molecular flexibility index (Phi) is 4.70. The van der Waals surface area contributed by atoms with E-state index >= 15 is 0 Å². The van der Waals surface area contributed by atoms with Crippen molar-refractivity contribution in [2.24, 2.45) is 0 Å². The Labute approximate surface area is 109 Å². The minimum Gasteiger partial charge on any atom is -0.359 e. The molecule has 3 nitrogen and oxygen atoms in total. The quantitative estimate of drug-likeness (QED) is 0.441.